The fourth-order valence-corrected chi connectivity index (χ4v) is 4.22. The van der Waals surface area contributed by atoms with E-state index in [0.717, 1.165) is 15.4 Å². The standard InChI is InChI=1S/C28H22ClNO4S/c29-21-16-14-20(15-17-21)18-33-25-12-6-4-10-23(25)28(32)34-19-27(31)30-24-11-5-7-13-26(24)35-22-8-2-1-3-9-22/h1-17H,18-19H2,(H,30,31). The second-order valence-electron chi connectivity index (χ2n) is 7.45. The van der Waals surface area contributed by atoms with Gasteiger partial charge < -0.3 is 14.8 Å². The van der Waals surface area contributed by atoms with E-state index in [9.17, 15) is 9.59 Å². The smallest absolute Gasteiger partial charge is 0.342 e. The van der Waals surface area contributed by atoms with Crippen LogP contribution in [0.25, 0.3) is 0 Å². The molecule has 7 heteroatoms. The highest BCUT2D eigenvalue weighted by atomic mass is 35.5. The van der Waals surface area contributed by atoms with E-state index >= 15 is 0 Å². The quantitative estimate of drug-likeness (QED) is 0.253. The van der Waals surface area contributed by atoms with Gasteiger partial charge in [0.05, 0.1) is 5.69 Å². The maximum Gasteiger partial charge on any atom is 0.342 e. The fourth-order valence-electron chi connectivity index (χ4n) is 3.17. The van der Waals surface area contributed by atoms with Gasteiger partial charge in [0.1, 0.15) is 17.9 Å². The van der Waals surface area contributed by atoms with Crippen molar-refractivity contribution in [3.8, 4) is 5.75 Å². The van der Waals surface area contributed by atoms with Gasteiger partial charge in [-0.25, -0.2) is 4.79 Å². The van der Waals surface area contributed by atoms with Crippen molar-refractivity contribution in [1.29, 1.82) is 0 Å². The number of ether oxygens (including phenoxy) is 2. The van der Waals surface area contributed by atoms with Crippen molar-refractivity contribution in [2.24, 2.45) is 0 Å². The zero-order valence-corrected chi connectivity index (χ0v) is 20.2. The number of para-hydroxylation sites is 2. The highest BCUT2D eigenvalue weighted by Crippen LogP contribution is 2.33. The molecular weight excluding hydrogens is 482 g/mol. The lowest BCUT2D eigenvalue weighted by Crippen LogP contribution is -2.21. The third-order valence-electron chi connectivity index (χ3n) is 4.88. The van der Waals surface area contributed by atoms with E-state index in [2.05, 4.69) is 5.32 Å². The van der Waals surface area contributed by atoms with E-state index < -0.39 is 18.5 Å². The number of hydrogen-bond donors (Lipinski definition) is 1. The predicted octanol–water partition coefficient (Wildman–Crippen LogP) is 6.87. The number of hydrogen-bond acceptors (Lipinski definition) is 5. The zero-order valence-electron chi connectivity index (χ0n) is 18.6. The highest BCUT2D eigenvalue weighted by Gasteiger charge is 2.16. The number of nitrogens with one attached hydrogen (secondary N) is 1. The summed E-state index contributed by atoms with van der Waals surface area (Å²) in [6.45, 7) is -0.160. The maximum absolute atomic E-state index is 12.7. The predicted molar refractivity (Wildman–Crippen MR) is 138 cm³/mol. The van der Waals surface area contributed by atoms with Crippen LogP contribution in [0.4, 0.5) is 5.69 Å². The Morgan fingerprint density at radius 3 is 2.29 bits per heavy atom. The fraction of sp³-hybridized carbons (Fsp3) is 0.0714. The SMILES string of the molecule is O=C(COC(=O)c1ccccc1OCc1ccc(Cl)cc1)Nc1ccccc1Sc1ccccc1. The van der Waals surface area contributed by atoms with Crippen LogP contribution in [0.1, 0.15) is 15.9 Å². The number of anilines is 1. The molecule has 0 atom stereocenters. The van der Waals surface area contributed by atoms with E-state index in [-0.39, 0.29) is 12.2 Å². The largest absolute Gasteiger partial charge is 0.488 e. The second-order valence-corrected chi connectivity index (χ2v) is 9.00. The Morgan fingerprint density at radius 2 is 1.49 bits per heavy atom. The van der Waals surface area contributed by atoms with Crippen LogP contribution in [0.15, 0.2) is 113 Å². The topological polar surface area (TPSA) is 64.6 Å². The van der Waals surface area contributed by atoms with Gasteiger partial charge in [-0.05, 0) is 54.1 Å². The molecule has 0 bridgehead atoms. The average molecular weight is 504 g/mol. The van der Waals surface area contributed by atoms with Gasteiger partial charge in [-0.15, -0.1) is 0 Å². The molecule has 0 saturated heterocycles. The summed E-state index contributed by atoms with van der Waals surface area (Å²) in [5, 5.41) is 3.46. The van der Waals surface area contributed by atoms with Gasteiger partial charge in [-0.2, -0.15) is 0 Å². The Bertz CT molecular complexity index is 1300. The van der Waals surface area contributed by atoms with Crippen molar-refractivity contribution in [2.45, 2.75) is 16.4 Å². The molecule has 4 aromatic carbocycles. The third kappa shape index (κ3) is 7.12. The van der Waals surface area contributed by atoms with Crippen LogP contribution >= 0.6 is 23.4 Å². The second kappa shape index (κ2) is 12.1. The van der Waals surface area contributed by atoms with Gasteiger partial charge in [0, 0.05) is 14.8 Å². The molecule has 0 radical (unpaired) electrons. The number of esters is 1. The molecule has 0 heterocycles. The summed E-state index contributed by atoms with van der Waals surface area (Å²) >= 11 is 7.45. The number of amides is 1. The molecule has 0 aliphatic rings. The molecule has 0 aliphatic carbocycles. The van der Waals surface area contributed by atoms with Crippen molar-refractivity contribution in [1.82, 2.24) is 0 Å². The molecule has 4 aromatic rings. The van der Waals surface area contributed by atoms with Crippen molar-refractivity contribution in [3.05, 3.63) is 119 Å². The summed E-state index contributed by atoms with van der Waals surface area (Å²) in [6.07, 6.45) is 0. The van der Waals surface area contributed by atoms with E-state index in [4.69, 9.17) is 21.1 Å². The number of rotatable bonds is 9. The van der Waals surface area contributed by atoms with E-state index in [1.807, 2.05) is 66.7 Å². The van der Waals surface area contributed by atoms with Crippen LogP contribution in [-0.2, 0) is 16.1 Å². The minimum Gasteiger partial charge on any atom is -0.488 e. The summed E-state index contributed by atoms with van der Waals surface area (Å²) in [6, 6.07) is 31.3. The number of benzene rings is 4. The molecule has 0 unspecified atom stereocenters. The Hall–Kier alpha value is -3.74. The van der Waals surface area contributed by atoms with E-state index in [1.54, 1.807) is 36.4 Å². The Balaban J connectivity index is 1.35. The molecule has 1 N–H and O–H groups in total. The lowest BCUT2D eigenvalue weighted by Gasteiger charge is -2.13. The molecule has 35 heavy (non-hydrogen) atoms. The third-order valence-corrected chi connectivity index (χ3v) is 6.22. The molecule has 1 amide bonds. The molecule has 176 valence electrons. The van der Waals surface area contributed by atoms with Crippen LogP contribution in [0.2, 0.25) is 5.02 Å². The van der Waals surface area contributed by atoms with Crippen LogP contribution in [-0.4, -0.2) is 18.5 Å². The van der Waals surface area contributed by atoms with Crippen LogP contribution in [0.5, 0.6) is 5.75 Å². The molecular formula is C28H22ClNO4S. The van der Waals surface area contributed by atoms with Gasteiger partial charge in [0.25, 0.3) is 5.91 Å². The highest BCUT2D eigenvalue weighted by molar-refractivity contribution is 7.99. The van der Waals surface area contributed by atoms with Gasteiger partial charge in [0.15, 0.2) is 6.61 Å². The zero-order chi connectivity index (χ0) is 24.5. The van der Waals surface area contributed by atoms with Crippen molar-refractivity contribution in [2.75, 3.05) is 11.9 Å². The summed E-state index contributed by atoms with van der Waals surface area (Å²) < 4.78 is 11.1. The normalized spacial score (nSPS) is 10.4. The molecule has 0 saturated carbocycles. The Labute approximate surface area is 213 Å². The molecule has 0 aliphatic heterocycles. The van der Waals surface area contributed by atoms with E-state index in [1.165, 1.54) is 11.8 Å². The van der Waals surface area contributed by atoms with Crippen molar-refractivity contribution < 1.29 is 19.1 Å². The van der Waals surface area contributed by atoms with E-state index in [0.29, 0.717) is 16.5 Å². The summed E-state index contributed by atoms with van der Waals surface area (Å²) in [4.78, 5) is 27.2. The summed E-state index contributed by atoms with van der Waals surface area (Å²) in [7, 11) is 0. The van der Waals surface area contributed by atoms with Gasteiger partial charge in [-0.1, -0.05) is 78.0 Å². The molecule has 5 nitrogen and oxygen atoms in total. The number of carbonyl (C=O) groups excluding carboxylic acids is 2. The van der Waals surface area contributed by atoms with Crippen LogP contribution in [0, 0.1) is 0 Å². The monoisotopic (exact) mass is 503 g/mol. The molecule has 0 spiro atoms. The Morgan fingerprint density at radius 1 is 0.800 bits per heavy atom. The lowest BCUT2D eigenvalue weighted by atomic mass is 10.2. The summed E-state index contributed by atoms with van der Waals surface area (Å²) in [5.74, 6) is -0.699. The van der Waals surface area contributed by atoms with Crippen molar-refractivity contribution >= 4 is 40.9 Å². The molecule has 0 fully saturated rings. The summed E-state index contributed by atoms with van der Waals surface area (Å²) in [5.41, 5.74) is 1.80. The molecule has 0 aromatic heterocycles. The first-order chi connectivity index (χ1) is 17.1. The minimum absolute atomic E-state index is 0.245. The van der Waals surface area contributed by atoms with Gasteiger partial charge in [0.2, 0.25) is 0 Å². The maximum atomic E-state index is 12.7. The van der Waals surface area contributed by atoms with Gasteiger partial charge >= 0.3 is 5.97 Å². The van der Waals surface area contributed by atoms with Crippen LogP contribution < -0.4 is 10.1 Å². The molecule has 4 rings (SSSR count). The Kier molecular flexibility index (Phi) is 8.44. The first-order valence-corrected chi connectivity index (χ1v) is 12.0. The number of halogens is 1. The first kappa shape index (κ1) is 24.4. The van der Waals surface area contributed by atoms with Crippen LogP contribution in [0.3, 0.4) is 0 Å². The number of carbonyl (C=O) groups is 2. The minimum atomic E-state index is -0.640. The van der Waals surface area contributed by atoms with Crippen molar-refractivity contribution in [3.63, 3.8) is 0 Å². The lowest BCUT2D eigenvalue weighted by molar-refractivity contribution is -0.119. The van der Waals surface area contributed by atoms with Gasteiger partial charge in [-0.3, -0.25) is 4.79 Å². The average Bonchev–Trinajstić information content (AvgIpc) is 2.89. The first-order valence-electron chi connectivity index (χ1n) is 10.8.